The van der Waals surface area contributed by atoms with E-state index in [0.29, 0.717) is 5.69 Å². The Bertz CT molecular complexity index is 496. The molecule has 0 aromatic heterocycles. The number of aliphatic hydroxyl groups excluding tert-OH is 4. The zero-order valence-corrected chi connectivity index (χ0v) is 13.9. The first-order valence-electron chi connectivity index (χ1n) is 6.32. The Morgan fingerprint density at radius 2 is 1.73 bits per heavy atom. The molecule has 5 atom stereocenters. The molecular weight excluding hydrogens is 305 g/mol. The first kappa shape index (κ1) is 19.3. The Balaban J connectivity index is 0.00000242. The van der Waals surface area contributed by atoms with Crippen molar-refractivity contribution in [3.8, 4) is 0 Å². The first-order valence-corrected chi connectivity index (χ1v) is 6.32. The fraction of sp³-hybridized carbons (Fsp3) is 0.462. The molecule has 1 heterocycles. The van der Waals surface area contributed by atoms with Crippen molar-refractivity contribution < 1.29 is 64.6 Å². The predicted octanol–water partition coefficient (Wildman–Crippen LogP) is -5.73. The van der Waals surface area contributed by atoms with Crippen LogP contribution >= 0.6 is 0 Å². The van der Waals surface area contributed by atoms with Crippen molar-refractivity contribution in [2.24, 2.45) is 0 Å². The molecule has 116 valence electrons. The fourth-order valence-electron chi connectivity index (χ4n) is 2.09. The number of rotatable bonds is 4. The van der Waals surface area contributed by atoms with Crippen molar-refractivity contribution in [2.45, 2.75) is 30.6 Å². The molecule has 2 unspecified atom stereocenters. The molecule has 1 saturated heterocycles. The topological polar surface area (TPSA) is 142 Å². The summed E-state index contributed by atoms with van der Waals surface area (Å²) in [5.41, 5.74) is 0.429. The number of hydrogen-bond donors (Lipinski definition) is 5. The molecule has 22 heavy (non-hydrogen) atoms. The van der Waals surface area contributed by atoms with Crippen LogP contribution in [0.4, 0.5) is 5.69 Å². The van der Waals surface area contributed by atoms with Gasteiger partial charge in [0.05, 0.1) is 12.6 Å². The smallest absolute Gasteiger partial charge is 0.545 e. The first-order chi connectivity index (χ1) is 9.93. The molecule has 0 amide bonds. The quantitative estimate of drug-likeness (QED) is 0.345. The van der Waals surface area contributed by atoms with Gasteiger partial charge in [0.25, 0.3) is 0 Å². The van der Waals surface area contributed by atoms with Gasteiger partial charge in [-0.2, -0.15) is 0 Å². The summed E-state index contributed by atoms with van der Waals surface area (Å²) in [6, 6.07) is 5.49. The number of ether oxygens (including phenoxy) is 1. The molecule has 0 saturated carbocycles. The molecule has 9 heteroatoms. The third-order valence-corrected chi connectivity index (χ3v) is 3.32. The van der Waals surface area contributed by atoms with Gasteiger partial charge in [0.2, 0.25) is 0 Å². The molecular formula is C13H16NNaO7. The van der Waals surface area contributed by atoms with E-state index in [0.717, 1.165) is 0 Å². The van der Waals surface area contributed by atoms with Crippen LogP contribution in [0.25, 0.3) is 0 Å². The number of nitrogens with one attached hydrogen (secondary N) is 1. The van der Waals surface area contributed by atoms with Crippen LogP contribution in [0.15, 0.2) is 24.3 Å². The van der Waals surface area contributed by atoms with Gasteiger partial charge < -0.3 is 40.4 Å². The second-order valence-electron chi connectivity index (χ2n) is 4.76. The SMILES string of the molecule is O=C([O-])c1ccc(N[C@@H]2OC(CO)[C@@H](O)C(O)[C@@H]2O)cc1.[Na+]. The second-order valence-corrected chi connectivity index (χ2v) is 4.76. The molecule has 0 bridgehead atoms. The molecule has 1 fully saturated rings. The molecule has 2 rings (SSSR count). The zero-order valence-electron chi connectivity index (χ0n) is 11.9. The van der Waals surface area contributed by atoms with E-state index in [4.69, 9.17) is 9.84 Å². The van der Waals surface area contributed by atoms with Crippen LogP contribution in [0.2, 0.25) is 0 Å². The average Bonchev–Trinajstić information content (AvgIpc) is 2.48. The van der Waals surface area contributed by atoms with Crippen molar-refractivity contribution >= 4 is 11.7 Å². The van der Waals surface area contributed by atoms with Crippen molar-refractivity contribution in [3.05, 3.63) is 29.8 Å². The molecule has 1 aromatic rings. The van der Waals surface area contributed by atoms with Crippen LogP contribution in [-0.4, -0.2) is 63.6 Å². The second kappa shape index (κ2) is 8.23. The van der Waals surface area contributed by atoms with Crippen LogP contribution < -0.4 is 40.0 Å². The maximum absolute atomic E-state index is 10.6. The fourth-order valence-corrected chi connectivity index (χ4v) is 2.09. The number of benzene rings is 1. The summed E-state index contributed by atoms with van der Waals surface area (Å²) in [7, 11) is 0. The molecule has 0 aliphatic carbocycles. The normalized spacial score (nSPS) is 31.2. The number of aromatic carboxylic acids is 1. The van der Waals surface area contributed by atoms with E-state index in [1.54, 1.807) is 0 Å². The molecule has 5 N–H and O–H groups in total. The minimum atomic E-state index is -1.48. The Morgan fingerprint density at radius 3 is 2.23 bits per heavy atom. The van der Waals surface area contributed by atoms with Crippen molar-refractivity contribution in [2.75, 3.05) is 11.9 Å². The van der Waals surface area contributed by atoms with Gasteiger partial charge in [0.15, 0.2) is 6.23 Å². The van der Waals surface area contributed by atoms with E-state index in [1.807, 2.05) is 0 Å². The van der Waals surface area contributed by atoms with E-state index in [2.05, 4.69) is 5.32 Å². The number of aliphatic hydroxyl groups is 4. The summed E-state index contributed by atoms with van der Waals surface area (Å²) < 4.78 is 5.26. The Labute approximate surface area is 148 Å². The Kier molecular flexibility index (Phi) is 7.23. The number of anilines is 1. The maximum Gasteiger partial charge on any atom is 1.00 e. The summed E-state index contributed by atoms with van der Waals surface area (Å²) in [6.07, 6.45) is -6.39. The van der Waals surface area contributed by atoms with Gasteiger partial charge in [0.1, 0.15) is 24.4 Å². The summed E-state index contributed by atoms with van der Waals surface area (Å²) in [5.74, 6) is -1.31. The molecule has 1 aliphatic heterocycles. The monoisotopic (exact) mass is 321 g/mol. The van der Waals surface area contributed by atoms with Gasteiger partial charge in [-0.1, -0.05) is 12.1 Å². The third kappa shape index (κ3) is 4.18. The number of carboxylic acid groups (broad SMARTS) is 1. The summed E-state index contributed by atoms with van der Waals surface area (Å²) in [4.78, 5) is 10.6. The molecule has 1 aliphatic rings. The summed E-state index contributed by atoms with van der Waals surface area (Å²) in [5, 5.41) is 51.6. The van der Waals surface area contributed by atoms with Gasteiger partial charge >= 0.3 is 29.6 Å². The van der Waals surface area contributed by atoms with Crippen LogP contribution in [0, 0.1) is 0 Å². The van der Waals surface area contributed by atoms with Gasteiger partial charge in [-0.25, -0.2) is 0 Å². The molecule has 0 radical (unpaired) electrons. The van der Waals surface area contributed by atoms with Crippen LogP contribution in [0.1, 0.15) is 10.4 Å². The third-order valence-electron chi connectivity index (χ3n) is 3.32. The molecule has 8 nitrogen and oxygen atoms in total. The van der Waals surface area contributed by atoms with E-state index in [9.17, 15) is 25.2 Å². The van der Waals surface area contributed by atoms with E-state index in [-0.39, 0.29) is 35.1 Å². The molecule has 0 spiro atoms. The van der Waals surface area contributed by atoms with Gasteiger partial charge in [0, 0.05) is 5.69 Å². The molecule has 1 aromatic carbocycles. The largest absolute Gasteiger partial charge is 1.00 e. The minimum absolute atomic E-state index is 0. The minimum Gasteiger partial charge on any atom is -0.545 e. The van der Waals surface area contributed by atoms with Crippen molar-refractivity contribution in [1.29, 1.82) is 0 Å². The van der Waals surface area contributed by atoms with Gasteiger partial charge in [-0.05, 0) is 17.7 Å². The van der Waals surface area contributed by atoms with Gasteiger partial charge in [-0.3, -0.25) is 0 Å². The Morgan fingerprint density at radius 1 is 1.14 bits per heavy atom. The Hall–Kier alpha value is -0.710. The van der Waals surface area contributed by atoms with E-state index >= 15 is 0 Å². The van der Waals surface area contributed by atoms with Crippen LogP contribution in [0.5, 0.6) is 0 Å². The zero-order chi connectivity index (χ0) is 15.6. The van der Waals surface area contributed by atoms with Crippen molar-refractivity contribution in [1.82, 2.24) is 0 Å². The van der Waals surface area contributed by atoms with Gasteiger partial charge in [-0.15, -0.1) is 0 Å². The van der Waals surface area contributed by atoms with Crippen LogP contribution in [0.3, 0.4) is 0 Å². The maximum atomic E-state index is 10.6. The number of carboxylic acids is 1. The van der Waals surface area contributed by atoms with E-state index in [1.165, 1.54) is 24.3 Å². The van der Waals surface area contributed by atoms with Crippen LogP contribution in [-0.2, 0) is 4.74 Å². The number of carbonyl (C=O) groups is 1. The summed E-state index contributed by atoms with van der Waals surface area (Å²) in [6.45, 7) is -0.521. The number of hydrogen-bond acceptors (Lipinski definition) is 8. The number of carbonyl (C=O) groups excluding carboxylic acids is 1. The predicted molar refractivity (Wildman–Crippen MR) is 68.2 cm³/mol. The standard InChI is InChI=1S/C13H17NO7.Na/c15-5-8-9(16)10(17)11(18)12(21-8)14-7-3-1-6(2-4-7)13(19)20;/h1-4,8-12,14-18H,5H2,(H,19,20);/q;+1/p-1/t8?,9-,10?,11+,12-;/m1./s1. The average molecular weight is 321 g/mol. The van der Waals surface area contributed by atoms with E-state index < -0.39 is 43.2 Å². The summed E-state index contributed by atoms with van der Waals surface area (Å²) >= 11 is 0. The van der Waals surface area contributed by atoms with Crippen molar-refractivity contribution in [3.63, 3.8) is 0 Å².